The zero-order valence-electron chi connectivity index (χ0n) is 13.3. The van der Waals surface area contributed by atoms with Gasteiger partial charge in [0, 0.05) is 31.0 Å². The number of rotatable bonds is 5. The molecule has 7 nitrogen and oxygen atoms in total. The number of carbonyl (C=O) groups excluding carboxylic acids is 1. The Kier molecular flexibility index (Phi) is 3.93. The molecule has 0 spiro atoms. The number of carbonyl (C=O) groups is 1. The second kappa shape index (κ2) is 6.12. The second-order valence-corrected chi connectivity index (χ2v) is 7.24. The fraction of sp³-hybridized carbons (Fsp3) is 0.250. The first-order valence-electron chi connectivity index (χ1n) is 7.76. The summed E-state index contributed by atoms with van der Waals surface area (Å²) in [5.41, 5.74) is 7.57. The van der Waals surface area contributed by atoms with Gasteiger partial charge in [0.2, 0.25) is 5.95 Å². The molecule has 1 saturated carbocycles. The van der Waals surface area contributed by atoms with Crippen LogP contribution in [0.1, 0.15) is 22.5 Å². The smallest absolute Gasteiger partial charge is 0.261 e. The lowest BCUT2D eigenvalue weighted by molar-refractivity contribution is 0.100. The molecule has 3 aromatic heterocycles. The van der Waals surface area contributed by atoms with Crippen molar-refractivity contribution in [2.45, 2.75) is 18.9 Å². The molecule has 1 fully saturated rings. The third-order valence-corrected chi connectivity index (χ3v) is 5.22. The maximum atomic E-state index is 11.8. The van der Waals surface area contributed by atoms with Gasteiger partial charge in [-0.05, 0) is 18.9 Å². The van der Waals surface area contributed by atoms with Crippen molar-refractivity contribution >= 4 is 50.7 Å². The number of nitrogens with one attached hydrogen (secondary N) is 2. The van der Waals surface area contributed by atoms with Crippen LogP contribution in [0.5, 0.6) is 0 Å². The molecule has 4 N–H and O–H groups in total. The van der Waals surface area contributed by atoms with E-state index in [0.29, 0.717) is 38.1 Å². The van der Waals surface area contributed by atoms with Crippen molar-refractivity contribution in [1.82, 2.24) is 15.0 Å². The van der Waals surface area contributed by atoms with Crippen molar-refractivity contribution in [2.75, 3.05) is 17.7 Å². The molecule has 3 aromatic rings. The molecule has 128 valence electrons. The molecule has 3 heterocycles. The van der Waals surface area contributed by atoms with E-state index in [1.54, 1.807) is 25.5 Å². The van der Waals surface area contributed by atoms with E-state index in [9.17, 15) is 4.79 Å². The van der Waals surface area contributed by atoms with E-state index in [0.717, 1.165) is 23.8 Å². The molecule has 0 bridgehead atoms. The summed E-state index contributed by atoms with van der Waals surface area (Å²) >= 11 is 7.35. The number of aromatic nitrogens is 3. The number of thiophene rings is 1. The summed E-state index contributed by atoms with van der Waals surface area (Å²) in [6.07, 6.45) is 5.46. The van der Waals surface area contributed by atoms with E-state index >= 15 is 0 Å². The molecule has 1 amide bonds. The predicted octanol–water partition coefficient (Wildman–Crippen LogP) is 3.12. The van der Waals surface area contributed by atoms with Crippen LogP contribution >= 0.6 is 22.9 Å². The lowest BCUT2D eigenvalue weighted by Crippen LogP contribution is -2.10. The Balaban J connectivity index is 2.00. The summed E-state index contributed by atoms with van der Waals surface area (Å²) in [4.78, 5) is 26.3. The van der Waals surface area contributed by atoms with Crippen LogP contribution in [0.2, 0.25) is 5.02 Å². The summed E-state index contributed by atoms with van der Waals surface area (Å²) in [6, 6.07) is 2.19. The van der Waals surface area contributed by atoms with Crippen LogP contribution in [0.3, 0.4) is 0 Å². The highest BCUT2D eigenvalue weighted by Gasteiger charge is 2.25. The molecule has 1 aliphatic carbocycles. The third-order valence-electron chi connectivity index (χ3n) is 3.91. The minimum atomic E-state index is -0.501. The molecular formula is C16H15ClN6OS. The molecule has 0 atom stereocenters. The maximum Gasteiger partial charge on any atom is 0.261 e. The van der Waals surface area contributed by atoms with E-state index in [1.807, 2.05) is 0 Å². The van der Waals surface area contributed by atoms with Crippen LogP contribution in [-0.2, 0) is 0 Å². The average molecular weight is 375 g/mol. The molecule has 0 aromatic carbocycles. The highest BCUT2D eigenvalue weighted by molar-refractivity contribution is 7.21. The van der Waals surface area contributed by atoms with Gasteiger partial charge in [0.05, 0.1) is 21.8 Å². The number of hydrogen-bond donors (Lipinski definition) is 3. The number of halogens is 1. The first-order chi connectivity index (χ1) is 12.1. The number of nitrogens with two attached hydrogens (primary N) is 1. The van der Waals surface area contributed by atoms with Crippen LogP contribution in [0.15, 0.2) is 18.5 Å². The van der Waals surface area contributed by atoms with Crippen molar-refractivity contribution in [3.05, 3.63) is 28.4 Å². The van der Waals surface area contributed by atoms with E-state index in [4.69, 9.17) is 17.3 Å². The Morgan fingerprint density at radius 1 is 1.36 bits per heavy atom. The second-order valence-electron chi connectivity index (χ2n) is 5.81. The van der Waals surface area contributed by atoms with Gasteiger partial charge in [-0.1, -0.05) is 11.6 Å². The van der Waals surface area contributed by atoms with Gasteiger partial charge in [-0.15, -0.1) is 11.3 Å². The lowest BCUT2D eigenvalue weighted by atomic mass is 10.1. The van der Waals surface area contributed by atoms with Gasteiger partial charge in [-0.2, -0.15) is 0 Å². The van der Waals surface area contributed by atoms with E-state index in [2.05, 4.69) is 25.6 Å². The Labute approximate surface area is 152 Å². The van der Waals surface area contributed by atoms with Crippen LogP contribution in [0.4, 0.5) is 11.6 Å². The number of anilines is 2. The summed E-state index contributed by atoms with van der Waals surface area (Å²) in [7, 11) is 1.74. The van der Waals surface area contributed by atoms with Gasteiger partial charge in [0.25, 0.3) is 5.91 Å². The van der Waals surface area contributed by atoms with Crippen LogP contribution in [-0.4, -0.2) is 33.9 Å². The molecule has 1 aliphatic rings. The van der Waals surface area contributed by atoms with Crippen molar-refractivity contribution in [3.63, 3.8) is 0 Å². The first-order valence-corrected chi connectivity index (χ1v) is 8.96. The van der Waals surface area contributed by atoms with Crippen molar-refractivity contribution in [2.24, 2.45) is 5.73 Å². The third kappa shape index (κ3) is 2.98. The van der Waals surface area contributed by atoms with Crippen molar-refractivity contribution in [3.8, 4) is 11.3 Å². The fourth-order valence-electron chi connectivity index (χ4n) is 2.64. The van der Waals surface area contributed by atoms with Crippen molar-refractivity contribution in [1.29, 1.82) is 0 Å². The van der Waals surface area contributed by atoms with Crippen LogP contribution in [0, 0.1) is 0 Å². The maximum absolute atomic E-state index is 11.8. The Morgan fingerprint density at radius 3 is 2.80 bits per heavy atom. The molecule has 0 aliphatic heterocycles. The summed E-state index contributed by atoms with van der Waals surface area (Å²) in [5, 5.41) is 7.61. The molecular weight excluding hydrogens is 360 g/mol. The summed E-state index contributed by atoms with van der Waals surface area (Å²) in [6.45, 7) is 0. The molecule has 25 heavy (non-hydrogen) atoms. The first kappa shape index (κ1) is 16.0. The van der Waals surface area contributed by atoms with E-state index in [1.165, 1.54) is 11.3 Å². The topological polar surface area (TPSA) is 106 Å². The number of amides is 1. The summed E-state index contributed by atoms with van der Waals surface area (Å²) in [5.74, 6) is 0.0316. The molecule has 9 heteroatoms. The van der Waals surface area contributed by atoms with Crippen molar-refractivity contribution < 1.29 is 4.79 Å². The summed E-state index contributed by atoms with van der Waals surface area (Å²) < 4.78 is 0. The number of fused-ring (bicyclic) bond motifs is 1. The highest BCUT2D eigenvalue weighted by atomic mass is 35.5. The minimum absolute atomic E-state index is 0.405. The molecule has 0 saturated heterocycles. The molecule has 0 unspecified atom stereocenters. The Hall–Kier alpha value is -2.45. The highest BCUT2D eigenvalue weighted by Crippen LogP contribution is 2.41. The molecule has 0 radical (unpaired) electrons. The van der Waals surface area contributed by atoms with Gasteiger partial charge in [0.1, 0.15) is 9.71 Å². The Bertz CT molecular complexity index is 984. The zero-order chi connectivity index (χ0) is 17.6. The van der Waals surface area contributed by atoms with Crippen LogP contribution in [0.25, 0.3) is 21.5 Å². The molecule has 4 rings (SSSR count). The van der Waals surface area contributed by atoms with Gasteiger partial charge in [0.15, 0.2) is 0 Å². The minimum Gasteiger partial charge on any atom is -0.386 e. The van der Waals surface area contributed by atoms with Gasteiger partial charge in [-0.3, -0.25) is 9.78 Å². The SMILES string of the molecule is CNc1c(C(N)=O)sc2nc(NC3CC3)nc(-c3cncc(Cl)c3)c12. The Morgan fingerprint density at radius 2 is 2.16 bits per heavy atom. The number of nitrogens with zero attached hydrogens (tertiary/aromatic N) is 3. The van der Waals surface area contributed by atoms with Gasteiger partial charge < -0.3 is 16.4 Å². The average Bonchev–Trinajstić information content (AvgIpc) is 3.31. The lowest BCUT2D eigenvalue weighted by Gasteiger charge is -2.09. The number of hydrogen-bond acceptors (Lipinski definition) is 7. The fourth-order valence-corrected chi connectivity index (χ4v) is 3.84. The predicted molar refractivity (Wildman–Crippen MR) is 100 cm³/mol. The number of pyridine rings is 1. The van der Waals surface area contributed by atoms with Gasteiger partial charge in [-0.25, -0.2) is 9.97 Å². The van der Waals surface area contributed by atoms with Crippen LogP contribution < -0.4 is 16.4 Å². The standard InChI is InChI=1S/C16H15ClN6OS/c1-19-12-10-11(7-4-8(17)6-20-5-7)22-16(21-9-2-3-9)23-15(10)25-13(12)14(18)24/h4-6,9,19H,2-3H2,1H3,(H2,18,24)(H,21,22,23). The monoisotopic (exact) mass is 374 g/mol. The van der Waals surface area contributed by atoms with E-state index < -0.39 is 5.91 Å². The zero-order valence-corrected chi connectivity index (χ0v) is 14.9. The largest absolute Gasteiger partial charge is 0.386 e. The number of primary amides is 1. The van der Waals surface area contributed by atoms with Gasteiger partial charge >= 0.3 is 0 Å². The quantitative estimate of drug-likeness (QED) is 0.633. The normalized spacial score (nSPS) is 13.8. The van der Waals surface area contributed by atoms with E-state index in [-0.39, 0.29) is 0 Å².